The first-order valence-corrected chi connectivity index (χ1v) is 6.69. The fourth-order valence-corrected chi connectivity index (χ4v) is 3.80. The SMILES string of the molecule is O=C(O)c1cc(N2CC3CCCC3C2)cs1. The third kappa shape index (κ3) is 1.61. The van der Waals surface area contributed by atoms with E-state index in [0.29, 0.717) is 4.88 Å². The molecule has 0 aromatic carbocycles. The maximum atomic E-state index is 10.8. The van der Waals surface area contributed by atoms with E-state index in [0.717, 1.165) is 30.6 Å². The normalized spacial score (nSPS) is 28.4. The van der Waals surface area contributed by atoms with Crippen LogP contribution in [0.25, 0.3) is 0 Å². The van der Waals surface area contributed by atoms with Crippen LogP contribution in [0.5, 0.6) is 0 Å². The lowest BCUT2D eigenvalue weighted by molar-refractivity contribution is 0.0702. The predicted octanol–water partition coefficient (Wildman–Crippen LogP) is 2.68. The molecule has 1 N–H and O–H groups in total. The molecule has 1 aromatic rings. The van der Waals surface area contributed by atoms with Gasteiger partial charge in [-0.1, -0.05) is 6.42 Å². The van der Waals surface area contributed by atoms with Gasteiger partial charge in [0, 0.05) is 24.2 Å². The van der Waals surface area contributed by atoms with Gasteiger partial charge in [0.25, 0.3) is 0 Å². The lowest BCUT2D eigenvalue weighted by atomic mass is 10.0. The summed E-state index contributed by atoms with van der Waals surface area (Å²) in [7, 11) is 0. The number of carboxylic acids is 1. The molecule has 2 fully saturated rings. The van der Waals surface area contributed by atoms with Gasteiger partial charge in [-0.3, -0.25) is 0 Å². The number of aromatic carboxylic acids is 1. The van der Waals surface area contributed by atoms with Gasteiger partial charge in [-0.25, -0.2) is 4.79 Å². The summed E-state index contributed by atoms with van der Waals surface area (Å²) in [5.41, 5.74) is 1.11. The first kappa shape index (κ1) is 10.1. The first-order chi connectivity index (χ1) is 7.74. The van der Waals surface area contributed by atoms with E-state index >= 15 is 0 Å². The molecule has 0 radical (unpaired) electrons. The number of anilines is 1. The number of hydrogen-bond acceptors (Lipinski definition) is 3. The third-order valence-corrected chi connectivity index (χ3v) is 4.79. The predicted molar refractivity (Wildman–Crippen MR) is 64.3 cm³/mol. The second-order valence-corrected chi connectivity index (χ2v) is 5.74. The number of carboxylic acid groups (broad SMARTS) is 1. The van der Waals surface area contributed by atoms with Crippen LogP contribution in [0.1, 0.15) is 28.9 Å². The van der Waals surface area contributed by atoms with Crippen molar-refractivity contribution < 1.29 is 9.90 Å². The van der Waals surface area contributed by atoms with E-state index < -0.39 is 5.97 Å². The molecule has 3 rings (SSSR count). The number of fused-ring (bicyclic) bond motifs is 1. The molecular weight excluding hydrogens is 222 g/mol. The highest BCUT2D eigenvalue weighted by Gasteiger charge is 2.36. The molecule has 2 atom stereocenters. The maximum absolute atomic E-state index is 10.8. The smallest absolute Gasteiger partial charge is 0.345 e. The van der Waals surface area contributed by atoms with E-state index in [1.807, 2.05) is 11.4 Å². The molecule has 1 aliphatic carbocycles. The van der Waals surface area contributed by atoms with Gasteiger partial charge in [0.1, 0.15) is 4.88 Å². The highest BCUT2D eigenvalue weighted by Crippen LogP contribution is 2.40. The van der Waals surface area contributed by atoms with Crippen LogP contribution in [-0.4, -0.2) is 24.2 Å². The first-order valence-electron chi connectivity index (χ1n) is 5.81. The zero-order valence-corrected chi connectivity index (χ0v) is 9.87. The Bertz CT molecular complexity index is 403. The lowest BCUT2D eigenvalue weighted by Gasteiger charge is -2.17. The van der Waals surface area contributed by atoms with Crippen LogP contribution in [0.4, 0.5) is 5.69 Å². The highest BCUT2D eigenvalue weighted by atomic mass is 32.1. The molecule has 2 aliphatic rings. The Labute approximate surface area is 98.7 Å². The summed E-state index contributed by atoms with van der Waals surface area (Å²) < 4.78 is 0. The number of rotatable bonds is 2. The van der Waals surface area contributed by atoms with Crippen molar-refractivity contribution in [2.24, 2.45) is 11.8 Å². The fourth-order valence-electron chi connectivity index (χ4n) is 3.05. The molecule has 0 bridgehead atoms. The van der Waals surface area contributed by atoms with Crippen molar-refractivity contribution >= 4 is 23.0 Å². The van der Waals surface area contributed by atoms with Gasteiger partial charge >= 0.3 is 5.97 Å². The summed E-state index contributed by atoms with van der Waals surface area (Å²) >= 11 is 1.33. The van der Waals surface area contributed by atoms with Crippen molar-refractivity contribution in [1.29, 1.82) is 0 Å². The minimum atomic E-state index is -0.810. The Morgan fingerprint density at radius 2 is 2.06 bits per heavy atom. The average Bonchev–Trinajstić information content (AvgIpc) is 2.91. The number of nitrogens with zero attached hydrogens (tertiary/aromatic N) is 1. The zero-order chi connectivity index (χ0) is 11.1. The molecule has 0 amide bonds. The monoisotopic (exact) mass is 237 g/mol. The van der Waals surface area contributed by atoms with Crippen molar-refractivity contribution in [2.75, 3.05) is 18.0 Å². The number of hydrogen-bond donors (Lipinski definition) is 1. The average molecular weight is 237 g/mol. The molecule has 2 heterocycles. The Hall–Kier alpha value is -1.03. The molecule has 3 nitrogen and oxygen atoms in total. The van der Waals surface area contributed by atoms with E-state index in [9.17, 15) is 4.79 Å². The van der Waals surface area contributed by atoms with Gasteiger partial charge in [-0.2, -0.15) is 0 Å². The van der Waals surface area contributed by atoms with E-state index in [1.54, 1.807) is 0 Å². The number of thiophene rings is 1. The van der Waals surface area contributed by atoms with Gasteiger partial charge in [0.15, 0.2) is 0 Å². The van der Waals surface area contributed by atoms with Gasteiger partial charge in [-0.05, 0) is 30.7 Å². The van der Waals surface area contributed by atoms with Gasteiger partial charge in [0.2, 0.25) is 0 Å². The Kier molecular flexibility index (Phi) is 2.39. The second-order valence-electron chi connectivity index (χ2n) is 4.83. The highest BCUT2D eigenvalue weighted by molar-refractivity contribution is 7.12. The van der Waals surface area contributed by atoms with Crippen molar-refractivity contribution in [1.82, 2.24) is 0 Å². The van der Waals surface area contributed by atoms with Crippen molar-refractivity contribution in [3.8, 4) is 0 Å². The molecule has 86 valence electrons. The molecule has 16 heavy (non-hydrogen) atoms. The molecule has 0 spiro atoms. The molecule has 1 saturated heterocycles. The summed E-state index contributed by atoms with van der Waals surface area (Å²) in [6, 6.07) is 1.81. The summed E-state index contributed by atoms with van der Waals surface area (Å²) in [6.07, 6.45) is 4.10. The summed E-state index contributed by atoms with van der Waals surface area (Å²) in [6.45, 7) is 2.25. The lowest BCUT2D eigenvalue weighted by Crippen LogP contribution is -2.19. The third-order valence-electron chi connectivity index (χ3n) is 3.89. The molecule has 1 saturated carbocycles. The summed E-state index contributed by atoms with van der Waals surface area (Å²) in [5.74, 6) is 0.900. The largest absolute Gasteiger partial charge is 0.477 e. The quantitative estimate of drug-likeness (QED) is 0.859. The van der Waals surface area contributed by atoms with Gasteiger partial charge in [0.05, 0.1) is 0 Å². The fraction of sp³-hybridized carbons (Fsp3) is 0.583. The van der Waals surface area contributed by atoms with Crippen LogP contribution in [0.15, 0.2) is 11.4 Å². The molecule has 1 aliphatic heterocycles. The van der Waals surface area contributed by atoms with E-state index in [2.05, 4.69) is 4.90 Å². The topological polar surface area (TPSA) is 40.5 Å². The minimum absolute atomic E-state index is 0.451. The minimum Gasteiger partial charge on any atom is -0.477 e. The van der Waals surface area contributed by atoms with Crippen LogP contribution in [0.2, 0.25) is 0 Å². The van der Waals surface area contributed by atoms with Crippen LogP contribution in [0.3, 0.4) is 0 Å². The maximum Gasteiger partial charge on any atom is 0.345 e. The Morgan fingerprint density at radius 1 is 1.38 bits per heavy atom. The van der Waals surface area contributed by atoms with Crippen LogP contribution < -0.4 is 4.90 Å². The van der Waals surface area contributed by atoms with E-state index in [4.69, 9.17) is 5.11 Å². The standard InChI is InChI=1S/C12H15NO2S/c14-12(15)11-4-10(7-16-11)13-5-8-2-1-3-9(8)6-13/h4,7-9H,1-3,5-6H2,(H,14,15). The van der Waals surface area contributed by atoms with Crippen LogP contribution in [-0.2, 0) is 0 Å². The summed E-state index contributed by atoms with van der Waals surface area (Å²) in [5, 5.41) is 10.9. The van der Waals surface area contributed by atoms with Crippen LogP contribution >= 0.6 is 11.3 Å². The van der Waals surface area contributed by atoms with Crippen molar-refractivity contribution in [3.63, 3.8) is 0 Å². The van der Waals surface area contributed by atoms with Gasteiger partial charge in [-0.15, -0.1) is 11.3 Å². The van der Waals surface area contributed by atoms with Crippen molar-refractivity contribution in [2.45, 2.75) is 19.3 Å². The van der Waals surface area contributed by atoms with Crippen molar-refractivity contribution in [3.05, 3.63) is 16.3 Å². The van der Waals surface area contributed by atoms with E-state index in [1.165, 1.54) is 30.6 Å². The molecular formula is C12H15NO2S. The van der Waals surface area contributed by atoms with E-state index in [-0.39, 0.29) is 0 Å². The Morgan fingerprint density at radius 3 is 2.62 bits per heavy atom. The summed E-state index contributed by atoms with van der Waals surface area (Å²) in [4.78, 5) is 13.6. The van der Waals surface area contributed by atoms with Crippen LogP contribution in [0, 0.1) is 11.8 Å². The number of carbonyl (C=O) groups is 1. The van der Waals surface area contributed by atoms with Gasteiger partial charge < -0.3 is 10.0 Å². The zero-order valence-electron chi connectivity index (χ0n) is 9.06. The second kappa shape index (κ2) is 3.77. The Balaban J connectivity index is 1.76. The molecule has 1 aromatic heterocycles. The molecule has 4 heteroatoms. The molecule has 2 unspecified atom stereocenters.